The van der Waals surface area contributed by atoms with Crippen molar-refractivity contribution in [1.29, 1.82) is 0 Å². The zero-order chi connectivity index (χ0) is 14.5. The molecular formula is C15H15ClN2OS. The Balaban J connectivity index is 2.08. The molecule has 20 heavy (non-hydrogen) atoms. The molecule has 0 bridgehead atoms. The van der Waals surface area contributed by atoms with Gasteiger partial charge in [-0.15, -0.1) is 0 Å². The van der Waals surface area contributed by atoms with E-state index in [0.29, 0.717) is 0 Å². The highest BCUT2D eigenvalue weighted by molar-refractivity contribution is 7.99. The van der Waals surface area contributed by atoms with Gasteiger partial charge in [0.05, 0.1) is 6.54 Å². The number of aryl methyl sites for hydroxylation is 1. The molecule has 0 aliphatic carbocycles. The van der Waals surface area contributed by atoms with Crippen molar-refractivity contribution in [3.05, 3.63) is 53.1 Å². The summed E-state index contributed by atoms with van der Waals surface area (Å²) < 4.78 is 0. The van der Waals surface area contributed by atoms with E-state index in [4.69, 9.17) is 17.3 Å². The Bertz CT molecular complexity index is 614. The number of nitrogens with one attached hydrogen (secondary N) is 1. The van der Waals surface area contributed by atoms with E-state index in [-0.39, 0.29) is 12.5 Å². The van der Waals surface area contributed by atoms with Gasteiger partial charge in [-0.1, -0.05) is 23.4 Å². The molecule has 0 fully saturated rings. The second kappa shape index (κ2) is 6.79. The molecule has 3 N–H and O–H groups in total. The highest BCUT2D eigenvalue weighted by Gasteiger charge is 2.03. The van der Waals surface area contributed by atoms with Gasteiger partial charge in [-0.2, -0.15) is 0 Å². The molecule has 0 radical (unpaired) electrons. The average molecular weight is 307 g/mol. The molecular weight excluding hydrogens is 292 g/mol. The van der Waals surface area contributed by atoms with Crippen molar-refractivity contribution >= 4 is 35.0 Å². The van der Waals surface area contributed by atoms with Crippen LogP contribution in [0.5, 0.6) is 0 Å². The van der Waals surface area contributed by atoms with Crippen LogP contribution in [0, 0.1) is 6.92 Å². The highest BCUT2D eigenvalue weighted by Crippen LogP contribution is 2.32. The lowest BCUT2D eigenvalue weighted by molar-refractivity contribution is -0.114. The van der Waals surface area contributed by atoms with E-state index in [1.54, 1.807) is 11.8 Å². The zero-order valence-corrected chi connectivity index (χ0v) is 12.6. The molecule has 1 amide bonds. The number of amides is 1. The highest BCUT2D eigenvalue weighted by atomic mass is 35.5. The second-order valence-electron chi connectivity index (χ2n) is 4.29. The summed E-state index contributed by atoms with van der Waals surface area (Å²) in [4.78, 5) is 13.4. The van der Waals surface area contributed by atoms with Crippen molar-refractivity contribution in [1.82, 2.24) is 0 Å². The van der Waals surface area contributed by atoms with Crippen molar-refractivity contribution < 1.29 is 4.79 Å². The summed E-state index contributed by atoms with van der Waals surface area (Å²) in [6.07, 6.45) is 0. The third-order valence-corrected chi connectivity index (χ3v) is 4.11. The molecule has 0 saturated carbocycles. The third-order valence-electron chi connectivity index (χ3n) is 2.69. The van der Waals surface area contributed by atoms with E-state index in [0.717, 1.165) is 26.1 Å². The lowest BCUT2D eigenvalue weighted by atomic mass is 10.2. The summed E-state index contributed by atoms with van der Waals surface area (Å²) in [5.74, 6) is -0.195. The molecule has 0 heterocycles. The number of carbonyl (C=O) groups excluding carboxylic acids is 1. The van der Waals surface area contributed by atoms with Crippen LogP contribution in [0.4, 0.5) is 5.69 Å². The van der Waals surface area contributed by atoms with Gasteiger partial charge in [0.2, 0.25) is 5.91 Å². The van der Waals surface area contributed by atoms with Crippen LogP contribution in [0.25, 0.3) is 0 Å². The molecule has 0 spiro atoms. The van der Waals surface area contributed by atoms with Crippen LogP contribution < -0.4 is 11.1 Å². The summed E-state index contributed by atoms with van der Waals surface area (Å²) in [6, 6.07) is 13.5. The zero-order valence-electron chi connectivity index (χ0n) is 11.0. The monoisotopic (exact) mass is 306 g/mol. The minimum absolute atomic E-state index is 0.0134. The first-order valence-electron chi connectivity index (χ1n) is 6.12. The minimum Gasteiger partial charge on any atom is -0.325 e. The number of nitrogens with two attached hydrogens (primary N) is 1. The number of carbonyl (C=O) groups is 1. The van der Waals surface area contributed by atoms with E-state index in [9.17, 15) is 4.79 Å². The van der Waals surface area contributed by atoms with Crippen molar-refractivity contribution in [2.45, 2.75) is 16.7 Å². The van der Waals surface area contributed by atoms with Gasteiger partial charge in [0.15, 0.2) is 0 Å². The Hall–Kier alpha value is -1.49. The Labute approximate surface area is 127 Å². The average Bonchev–Trinajstić information content (AvgIpc) is 2.44. The first kappa shape index (κ1) is 14.9. The topological polar surface area (TPSA) is 55.1 Å². The van der Waals surface area contributed by atoms with Crippen molar-refractivity contribution in [2.24, 2.45) is 5.73 Å². The number of rotatable bonds is 4. The molecule has 2 rings (SSSR count). The van der Waals surface area contributed by atoms with Gasteiger partial charge in [-0.3, -0.25) is 4.79 Å². The van der Waals surface area contributed by atoms with E-state index in [1.165, 1.54) is 0 Å². The lowest BCUT2D eigenvalue weighted by Gasteiger charge is -2.07. The maximum atomic E-state index is 11.2. The Morgan fingerprint density at radius 2 is 1.95 bits per heavy atom. The predicted octanol–water partition coefficient (Wildman–Crippen LogP) is 3.70. The molecule has 0 aromatic heterocycles. The third kappa shape index (κ3) is 4.00. The molecule has 5 heteroatoms. The van der Waals surface area contributed by atoms with Crippen molar-refractivity contribution in [3.8, 4) is 0 Å². The van der Waals surface area contributed by atoms with E-state index in [1.807, 2.05) is 49.4 Å². The summed E-state index contributed by atoms with van der Waals surface area (Å²) in [5.41, 5.74) is 7.14. The van der Waals surface area contributed by atoms with E-state index >= 15 is 0 Å². The molecule has 2 aromatic rings. The normalized spacial score (nSPS) is 10.3. The standard InChI is InChI=1S/C15H15ClN2OS/c1-10-8-11(16)2-7-14(10)20-13-5-3-12(4-6-13)18-15(19)9-17/h2-8H,9,17H2,1H3,(H,18,19). The van der Waals surface area contributed by atoms with E-state index in [2.05, 4.69) is 5.32 Å². The van der Waals surface area contributed by atoms with Crippen LogP contribution in [-0.2, 0) is 4.79 Å². The molecule has 3 nitrogen and oxygen atoms in total. The molecule has 0 atom stereocenters. The largest absolute Gasteiger partial charge is 0.325 e. The molecule has 0 aliphatic heterocycles. The van der Waals surface area contributed by atoms with Crippen LogP contribution in [-0.4, -0.2) is 12.5 Å². The van der Waals surface area contributed by atoms with Crippen LogP contribution >= 0.6 is 23.4 Å². The first-order chi connectivity index (χ1) is 9.58. The summed E-state index contributed by atoms with van der Waals surface area (Å²) >= 11 is 7.60. The Morgan fingerprint density at radius 3 is 2.55 bits per heavy atom. The first-order valence-corrected chi connectivity index (χ1v) is 7.32. The van der Waals surface area contributed by atoms with Gasteiger partial charge in [-0.25, -0.2) is 0 Å². The fraction of sp³-hybridized carbons (Fsp3) is 0.133. The number of halogens is 1. The predicted molar refractivity (Wildman–Crippen MR) is 84.4 cm³/mol. The molecule has 0 aliphatic rings. The Kier molecular flexibility index (Phi) is 5.06. The summed E-state index contributed by atoms with van der Waals surface area (Å²) in [5, 5.41) is 3.45. The summed E-state index contributed by atoms with van der Waals surface area (Å²) in [7, 11) is 0. The summed E-state index contributed by atoms with van der Waals surface area (Å²) in [6.45, 7) is 2.02. The SMILES string of the molecule is Cc1cc(Cl)ccc1Sc1ccc(NC(=O)CN)cc1. The van der Waals surface area contributed by atoms with Gasteiger partial charge in [0, 0.05) is 20.5 Å². The fourth-order valence-corrected chi connectivity index (χ4v) is 2.78. The fourth-order valence-electron chi connectivity index (χ4n) is 1.67. The molecule has 104 valence electrons. The van der Waals surface area contributed by atoms with Gasteiger partial charge in [-0.05, 0) is 55.0 Å². The number of hydrogen-bond acceptors (Lipinski definition) is 3. The molecule has 0 saturated heterocycles. The van der Waals surface area contributed by atoms with Crippen LogP contribution in [0.1, 0.15) is 5.56 Å². The van der Waals surface area contributed by atoms with Crippen LogP contribution in [0.2, 0.25) is 5.02 Å². The van der Waals surface area contributed by atoms with Gasteiger partial charge in [0.1, 0.15) is 0 Å². The number of anilines is 1. The van der Waals surface area contributed by atoms with Crippen LogP contribution in [0.3, 0.4) is 0 Å². The maximum absolute atomic E-state index is 11.2. The molecule has 0 unspecified atom stereocenters. The Morgan fingerprint density at radius 1 is 1.25 bits per heavy atom. The maximum Gasteiger partial charge on any atom is 0.238 e. The number of benzene rings is 2. The van der Waals surface area contributed by atoms with Gasteiger partial charge < -0.3 is 11.1 Å². The van der Waals surface area contributed by atoms with Gasteiger partial charge >= 0.3 is 0 Å². The molecule has 2 aromatic carbocycles. The minimum atomic E-state index is -0.195. The van der Waals surface area contributed by atoms with Crippen molar-refractivity contribution in [3.63, 3.8) is 0 Å². The number of hydrogen-bond donors (Lipinski definition) is 2. The van der Waals surface area contributed by atoms with E-state index < -0.39 is 0 Å². The quantitative estimate of drug-likeness (QED) is 0.905. The second-order valence-corrected chi connectivity index (χ2v) is 5.84. The van der Waals surface area contributed by atoms with Crippen LogP contribution in [0.15, 0.2) is 52.3 Å². The smallest absolute Gasteiger partial charge is 0.238 e. The van der Waals surface area contributed by atoms with Gasteiger partial charge in [0.25, 0.3) is 0 Å². The lowest BCUT2D eigenvalue weighted by Crippen LogP contribution is -2.21. The van der Waals surface area contributed by atoms with Crippen molar-refractivity contribution in [2.75, 3.05) is 11.9 Å².